The molecular formula is C4H8OZr+2. The van der Waals surface area contributed by atoms with Gasteiger partial charge in [-0.15, -0.1) is 0 Å². The van der Waals surface area contributed by atoms with Gasteiger partial charge in [-0.2, -0.15) is 0 Å². The van der Waals surface area contributed by atoms with Gasteiger partial charge in [-0.1, -0.05) is 0 Å². The van der Waals surface area contributed by atoms with Gasteiger partial charge >= 0.3 is 52.5 Å². The normalized spacial score (nSPS) is 8.67. The number of hydrogen-bond donors (Lipinski definition) is 1. The Hall–Kier alpha value is 0.713. The Morgan fingerprint density at radius 2 is 2.33 bits per heavy atom. The van der Waals surface area contributed by atoms with E-state index in [9.17, 15) is 0 Å². The fraction of sp³-hybridized carbons (Fsp3) is 0.750. The molecule has 0 bridgehead atoms. The summed E-state index contributed by atoms with van der Waals surface area (Å²) in [5.41, 5.74) is 0. The van der Waals surface area contributed by atoms with Crippen LogP contribution in [0, 0.1) is 0 Å². The Morgan fingerprint density at radius 3 is 2.33 bits per heavy atom. The fourth-order valence-electron chi connectivity index (χ4n) is 0.168. The summed E-state index contributed by atoms with van der Waals surface area (Å²) >= 11 is 1.44. The molecule has 0 aromatic heterocycles. The first kappa shape index (κ1) is 6.71. The molecule has 32 valence electrons. The van der Waals surface area contributed by atoms with Crippen molar-refractivity contribution in [2.24, 2.45) is 0 Å². The van der Waals surface area contributed by atoms with Crippen LogP contribution in [-0.4, -0.2) is 14.9 Å². The molecule has 6 heavy (non-hydrogen) atoms. The van der Waals surface area contributed by atoms with Gasteiger partial charge in [-0.05, 0) is 0 Å². The van der Waals surface area contributed by atoms with E-state index in [-0.39, 0.29) is 0 Å². The van der Waals surface area contributed by atoms with Crippen molar-refractivity contribution in [2.75, 3.05) is 6.61 Å². The van der Waals surface area contributed by atoms with Crippen molar-refractivity contribution in [3.63, 3.8) is 0 Å². The predicted molar refractivity (Wildman–Crippen MR) is 22.4 cm³/mol. The molecule has 0 fully saturated rings. The fourth-order valence-corrected chi connectivity index (χ4v) is 0.443. The van der Waals surface area contributed by atoms with Crippen LogP contribution in [-0.2, 0) is 24.2 Å². The van der Waals surface area contributed by atoms with Crippen molar-refractivity contribution < 1.29 is 29.3 Å². The zero-order valence-corrected chi connectivity index (χ0v) is 6.32. The molecule has 0 saturated carbocycles. The van der Waals surface area contributed by atoms with E-state index < -0.39 is 0 Å². The van der Waals surface area contributed by atoms with Crippen LogP contribution >= 0.6 is 0 Å². The SMILES string of the molecule is C[C](=[Zr+2])CCO. The quantitative estimate of drug-likeness (QED) is 0.612. The minimum absolute atomic E-state index is 0.316. The van der Waals surface area contributed by atoms with Crippen molar-refractivity contribution >= 4 is 3.21 Å². The van der Waals surface area contributed by atoms with Crippen molar-refractivity contribution in [3.05, 3.63) is 0 Å². The average Bonchev–Trinajstić information content (AvgIpc) is 1.35. The summed E-state index contributed by atoms with van der Waals surface area (Å²) in [7, 11) is 0. The van der Waals surface area contributed by atoms with E-state index in [0.29, 0.717) is 6.61 Å². The molecule has 0 aliphatic heterocycles. The van der Waals surface area contributed by atoms with Crippen LogP contribution in [0.5, 0.6) is 0 Å². The van der Waals surface area contributed by atoms with Crippen LogP contribution in [0.3, 0.4) is 0 Å². The van der Waals surface area contributed by atoms with Crippen molar-refractivity contribution in [2.45, 2.75) is 13.3 Å². The van der Waals surface area contributed by atoms with Crippen molar-refractivity contribution in [1.82, 2.24) is 0 Å². The minimum atomic E-state index is 0.316. The second-order valence-electron chi connectivity index (χ2n) is 1.25. The summed E-state index contributed by atoms with van der Waals surface area (Å²) in [4.78, 5) is 0. The third-order valence-electron chi connectivity index (χ3n) is 0.487. The summed E-state index contributed by atoms with van der Waals surface area (Å²) in [5, 5.41) is 8.23. The zero-order valence-electron chi connectivity index (χ0n) is 3.86. The molecule has 0 aliphatic rings. The first-order chi connectivity index (χ1) is 2.77. The second kappa shape index (κ2) is 3.89. The van der Waals surface area contributed by atoms with Crippen LogP contribution < -0.4 is 0 Å². The summed E-state index contributed by atoms with van der Waals surface area (Å²) in [6, 6.07) is 0. The molecular weight excluding hydrogens is 155 g/mol. The molecule has 0 aromatic rings. The molecule has 0 spiro atoms. The van der Waals surface area contributed by atoms with E-state index in [4.69, 9.17) is 5.11 Å². The number of aliphatic hydroxyl groups excluding tert-OH is 1. The van der Waals surface area contributed by atoms with E-state index in [2.05, 4.69) is 6.92 Å². The van der Waals surface area contributed by atoms with Gasteiger partial charge in [-0.3, -0.25) is 0 Å². The van der Waals surface area contributed by atoms with E-state index in [1.165, 1.54) is 27.4 Å². The van der Waals surface area contributed by atoms with Gasteiger partial charge in [0.25, 0.3) is 0 Å². The van der Waals surface area contributed by atoms with Crippen LogP contribution in [0.25, 0.3) is 0 Å². The molecule has 0 aromatic carbocycles. The van der Waals surface area contributed by atoms with Crippen molar-refractivity contribution in [3.8, 4) is 0 Å². The topological polar surface area (TPSA) is 20.2 Å². The van der Waals surface area contributed by atoms with E-state index in [1.54, 1.807) is 0 Å². The summed E-state index contributed by atoms with van der Waals surface area (Å²) < 4.78 is 1.38. The van der Waals surface area contributed by atoms with Gasteiger partial charge < -0.3 is 0 Å². The second-order valence-corrected chi connectivity index (χ2v) is 3.35. The van der Waals surface area contributed by atoms with Gasteiger partial charge in [0.05, 0.1) is 0 Å². The summed E-state index contributed by atoms with van der Waals surface area (Å²) in [5.74, 6) is 0. The number of rotatable bonds is 2. The summed E-state index contributed by atoms with van der Waals surface area (Å²) in [6.07, 6.45) is 0.887. The molecule has 1 nitrogen and oxygen atoms in total. The predicted octanol–water partition coefficient (Wildman–Crippen LogP) is 0.108. The van der Waals surface area contributed by atoms with Crippen LogP contribution in [0.15, 0.2) is 0 Å². The molecule has 0 radical (unpaired) electrons. The Balaban J connectivity index is 2.83. The first-order valence-corrected chi connectivity index (χ1v) is 3.15. The van der Waals surface area contributed by atoms with Crippen LogP contribution in [0.1, 0.15) is 13.3 Å². The average molecular weight is 163 g/mol. The van der Waals surface area contributed by atoms with Crippen LogP contribution in [0.4, 0.5) is 0 Å². The Kier molecular flexibility index (Phi) is 4.35. The van der Waals surface area contributed by atoms with Gasteiger partial charge in [0.1, 0.15) is 0 Å². The monoisotopic (exact) mass is 162 g/mol. The number of hydrogen-bond acceptors (Lipinski definition) is 1. The first-order valence-electron chi connectivity index (χ1n) is 1.92. The molecule has 0 rings (SSSR count). The molecule has 0 atom stereocenters. The van der Waals surface area contributed by atoms with Gasteiger partial charge in [0.2, 0.25) is 0 Å². The Morgan fingerprint density at radius 1 is 1.83 bits per heavy atom. The number of aliphatic hydroxyl groups is 1. The van der Waals surface area contributed by atoms with Gasteiger partial charge in [-0.25, -0.2) is 0 Å². The molecule has 0 saturated heterocycles. The summed E-state index contributed by atoms with van der Waals surface area (Å²) in [6.45, 7) is 2.37. The Bertz CT molecular complexity index is 51.5. The van der Waals surface area contributed by atoms with Crippen molar-refractivity contribution in [1.29, 1.82) is 0 Å². The third-order valence-corrected chi connectivity index (χ3v) is 1.10. The molecule has 0 unspecified atom stereocenters. The molecule has 2 heteroatoms. The maximum absolute atomic E-state index is 8.23. The third kappa shape index (κ3) is 4.71. The van der Waals surface area contributed by atoms with E-state index in [1.807, 2.05) is 0 Å². The van der Waals surface area contributed by atoms with Gasteiger partial charge in [0, 0.05) is 0 Å². The molecule has 0 heterocycles. The van der Waals surface area contributed by atoms with E-state index in [0.717, 1.165) is 6.42 Å². The molecule has 0 aliphatic carbocycles. The van der Waals surface area contributed by atoms with Gasteiger partial charge in [0.15, 0.2) is 0 Å². The molecule has 0 amide bonds. The van der Waals surface area contributed by atoms with Crippen LogP contribution in [0.2, 0.25) is 0 Å². The maximum atomic E-state index is 8.23. The Labute approximate surface area is 52.7 Å². The zero-order chi connectivity index (χ0) is 4.99. The molecule has 1 N–H and O–H groups in total. The standard InChI is InChI=1S/C4H8O.Zr/c1-2-3-4-5;/h5H,3-4H2,1H3;/q;+2. The van der Waals surface area contributed by atoms with E-state index >= 15 is 0 Å².